The lowest BCUT2D eigenvalue weighted by atomic mass is 10.0. The topological polar surface area (TPSA) is 35.0 Å². The predicted molar refractivity (Wildman–Crippen MR) is 76.5 cm³/mol. The van der Waals surface area contributed by atoms with Crippen LogP contribution in [0.3, 0.4) is 0 Å². The summed E-state index contributed by atoms with van der Waals surface area (Å²) < 4.78 is 5.15. The van der Waals surface area contributed by atoms with Gasteiger partial charge < -0.3 is 4.74 Å². The van der Waals surface area contributed by atoms with Crippen molar-refractivity contribution in [2.75, 3.05) is 7.11 Å². The maximum absolute atomic E-state index is 5.82. The summed E-state index contributed by atoms with van der Waals surface area (Å²) in [6.45, 7) is 0. The van der Waals surface area contributed by atoms with Gasteiger partial charge in [0.1, 0.15) is 10.9 Å². The molecule has 0 N–H and O–H groups in total. The molecule has 0 saturated heterocycles. The number of hydrogen-bond donors (Lipinski definition) is 0. The molecule has 3 nitrogen and oxygen atoms in total. The second-order valence-corrected chi connectivity index (χ2v) is 4.51. The Bertz CT molecular complexity index is 726. The normalized spacial score (nSPS) is 10.6. The Kier molecular flexibility index (Phi) is 3.05. The van der Waals surface area contributed by atoms with Gasteiger partial charge in [-0.3, -0.25) is 4.98 Å². The molecule has 0 aliphatic heterocycles. The van der Waals surface area contributed by atoms with Crippen molar-refractivity contribution in [2.24, 2.45) is 0 Å². The lowest BCUT2D eigenvalue weighted by molar-refractivity contribution is 0.415. The number of fused-ring (bicyclic) bond motifs is 1. The molecule has 0 amide bonds. The second kappa shape index (κ2) is 4.86. The minimum absolute atomic E-state index is 0.407. The fourth-order valence-corrected chi connectivity index (χ4v) is 2.09. The number of nitrogens with zero attached hydrogens (tertiary/aromatic N) is 2. The quantitative estimate of drug-likeness (QED) is 0.707. The van der Waals surface area contributed by atoms with Crippen LogP contribution in [-0.4, -0.2) is 17.1 Å². The third kappa shape index (κ3) is 2.37. The number of methoxy groups -OCH3 is 1. The lowest BCUT2D eigenvalue weighted by Gasteiger charge is -2.05. The van der Waals surface area contributed by atoms with E-state index >= 15 is 0 Å². The maximum atomic E-state index is 5.82. The standard InChI is InChI=1S/C15H11ClN2O/c1-19-12-5-2-10(3-6-12)11-4-7-13-14(8-11)17-9-15(16)18-13/h2-9H,1H3. The van der Waals surface area contributed by atoms with Crippen LogP contribution in [0.4, 0.5) is 0 Å². The van der Waals surface area contributed by atoms with Gasteiger partial charge >= 0.3 is 0 Å². The average Bonchev–Trinajstić information content (AvgIpc) is 2.47. The van der Waals surface area contributed by atoms with Gasteiger partial charge in [-0.05, 0) is 35.4 Å². The highest BCUT2D eigenvalue weighted by Crippen LogP contribution is 2.25. The Morgan fingerprint density at radius 1 is 0.947 bits per heavy atom. The van der Waals surface area contributed by atoms with Crippen molar-refractivity contribution in [2.45, 2.75) is 0 Å². The second-order valence-electron chi connectivity index (χ2n) is 4.12. The van der Waals surface area contributed by atoms with E-state index < -0.39 is 0 Å². The summed E-state index contributed by atoms with van der Waals surface area (Å²) in [7, 11) is 1.66. The molecule has 3 rings (SSSR count). The van der Waals surface area contributed by atoms with Crippen LogP contribution < -0.4 is 4.74 Å². The van der Waals surface area contributed by atoms with Crippen LogP contribution in [0.2, 0.25) is 5.15 Å². The summed E-state index contributed by atoms with van der Waals surface area (Å²) in [5.41, 5.74) is 3.83. The van der Waals surface area contributed by atoms with E-state index in [-0.39, 0.29) is 0 Å². The Labute approximate surface area is 115 Å². The molecule has 0 bridgehead atoms. The largest absolute Gasteiger partial charge is 0.497 e. The van der Waals surface area contributed by atoms with Gasteiger partial charge in [0.2, 0.25) is 0 Å². The maximum Gasteiger partial charge on any atom is 0.148 e. The molecule has 0 atom stereocenters. The van der Waals surface area contributed by atoms with E-state index in [0.717, 1.165) is 27.9 Å². The zero-order valence-electron chi connectivity index (χ0n) is 10.3. The van der Waals surface area contributed by atoms with Crippen molar-refractivity contribution in [3.05, 3.63) is 53.8 Å². The Morgan fingerprint density at radius 3 is 2.42 bits per heavy atom. The van der Waals surface area contributed by atoms with Crippen LogP contribution in [0.1, 0.15) is 0 Å². The zero-order chi connectivity index (χ0) is 13.2. The van der Waals surface area contributed by atoms with Crippen LogP contribution in [-0.2, 0) is 0 Å². The molecule has 0 unspecified atom stereocenters. The van der Waals surface area contributed by atoms with Crippen molar-refractivity contribution >= 4 is 22.6 Å². The number of aromatic nitrogens is 2. The Morgan fingerprint density at radius 2 is 1.68 bits per heavy atom. The Hall–Kier alpha value is -2.13. The highest BCUT2D eigenvalue weighted by molar-refractivity contribution is 6.29. The predicted octanol–water partition coefficient (Wildman–Crippen LogP) is 3.96. The van der Waals surface area contributed by atoms with Crippen LogP contribution in [0, 0.1) is 0 Å². The van der Waals surface area contributed by atoms with Crippen LogP contribution in [0.25, 0.3) is 22.2 Å². The molecule has 4 heteroatoms. The first kappa shape index (κ1) is 11.9. The first-order valence-electron chi connectivity index (χ1n) is 5.83. The summed E-state index contributed by atoms with van der Waals surface area (Å²) in [6, 6.07) is 13.8. The van der Waals surface area contributed by atoms with Crippen molar-refractivity contribution in [3.63, 3.8) is 0 Å². The van der Waals surface area contributed by atoms with Crippen molar-refractivity contribution in [1.29, 1.82) is 0 Å². The van der Waals surface area contributed by atoms with E-state index in [1.54, 1.807) is 13.3 Å². The van der Waals surface area contributed by atoms with Crippen molar-refractivity contribution in [3.8, 4) is 16.9 Å². The fraction of sp³-hybridized carbons (Fsp3) is 0.0667. The van der Waals surface area contributed by atoms with E-state index in [2.05, 4.69) is 9.97 Å². The SMILES string of the molecule is COc1ccc(-c2ccc3nc(Cl)cnc3c2)cc1. The van der Waals surface area contributed by atoms with Crippen LogP contribution >= 0.6 is 11.6 Å². The molecule has 2 aromatic carbocycles. The molecule has 1 aromatic heterocycles. The molecule has 3 aromatic rings. The highest BCUT2D eigenvalue weighted by Gasteiger charge is 2.02. The number of halogens is 1. The summed E-state index contributed by atoms with van der Waals surface area (Å²) in [6.07, 6.45) is 1.56. The molecule has 94 valence electrons. The van der Waals surface area contributed by atoms with Gasteiger partial charge in [0, 0.05) is 0 Å². The molecular formula is C15H11ClN2O. The van der Waals surface area contributed by atoms with Gasteiger partial charge in [0.05, 0.1) is 24.3 Å². The molecule has 0 saturated carbocycles. The number of rotatable bonds is 2. The first-order valence-corrected chi connectivity index (χ1v) is 6.21. The van der Waals surface area contributed by atoms with Gasteiger partial charge in [0.25, 0.3) is 0 Å². The Balaban J connectivity index is 2.06. The molecule has 1 heterocycles. The smallest absolute Gasteiger partial charge is 0.148 e. The third-order valence-corrected chi connectivity index (χ3v) is 3.12. The summed E-state index contributed by atoms with van der Waals surface area (Å²) in [5.74, 6) is 0.844. The van der Waals surface area contributed by atoms with Crippen LogP contribution in [0.5, 0.6) is 5.75 Å². The number of hydrogen-bond acceptors (Lipinski definition) is 3. The van der Waals surface area contributed by atoms with Gasteiger partial charge in [-0.15, -0.1) is 0 Å². The molecule has 19 heavy (non-hydrogen) atoms. The minimum Gasteiger partial charge on any atom is -0.497 e. The molecule has 0 fully saturated rings. The average molecular weight is 271 g/mol. The fourth-order valence-electron chi connectivity index (χ4n) is 1.95. The molecule has 0 spiro atoms. The monoisotopic (exact) mass is 270 g/mol. The molecule has 0 aliphatic carbocycles. The van der Waals surface area contributed by atoms with E-state index in [1.165, 1.54) is 0 Å². The first-order chi connectivity index (χ1) is 9.26. The van der Waals surface area contributed by atoms with E-state index in [0.29, 0.717) is 5.15 Å². The zero-order valence-corrected chi connectivity index (χ0v) is 11.1. The molecule has 0 radical (unpaired) electrons. The third-order valence-electron chi connectivity index (χ3n) is 2.94. The van der Waals surface area contributed by atoms with Gasteiger partial charge in [0.15, 0.2) is 0 Å². The molecule has 0 aliphatic rings. The van der Waals surface area contributed by atoms with Gasteiger partial charge in [-0.1, -0.05) is 29.8 Å². The number of benzene rings is 2. The van der Waals surface area contributed by atoms with Crippen LogP contribution in [0.15, 0.2) is 48.7 Å². The van der Waals surface area contributed by atoms with Gasteiger partial charge in [-0.25, -0.2) is 4.98 Å². The van der Waals surface area contributed by atoms with Crippen molar-refractivity contribution in [1.82, 2.24) is 9.97 Å². The van der Waals surface area contributed by atoms with E-state index in [9.17, 15) is 0 Å². The van der Waals surface area contributed by atoms with E-state index in [4.69, 9.17) is 16.3 Å². The molecular weight excluding hydrogens is 260 g/mol. The minimum atomic E-state index is 0.407. The lowest BCUT2D eigenvalue weighted by Crippen LogP contribution is -1.86. The highest BCUT2D eigenvalue weighted by atomic mass is 35.5. The van der Waals surface area contributed by atoms with Crippen molar-refractivity contribution < 1.29 is 4.74 Å². The summed E-state index contributed by atoms with van der Waals surface area (Å²) in [5, 5.41) is 0.407. The van der Waals surface area contributed by atoms with Gasteiger partial charge in [-0.2, -0.15) is 0 Å². The van der Waals surface area contributed by atoms with E-state index in [1.807, 2.05) is 42.5 Å². The number of ether oxygens (including phenoxy) is 1. The summed E-state index contributed by atoms with van der Waals surface area (Å²) in [4.78, 5) is 8.50. The summed E-state index contributed by atoms with van der Waals surface area (Å²) >= 11 is 5.82.